The molecular formula is C16H22ClNO. The second-order valence-corrected chi connectivity index (χ2v) is 6.24. The zero-order valence-electron chi connectivity index (χ0n) is 12.0. The Labute approximate surface area is 120 Å². The van der Waals surface area contributed by atoms with Gasteiger partial charge >= 0.3 is 0 Å². The number of rotatable bonds is 4. The molecule has 0 aliphatic heterocycles. The van der Waals surface area contributed by atoms with Gasteiger partial charge in [-0.3, -0.25) is 9.69 Å². The van der Waals surface area contributed by atoms with Crippen molar-refractivity contribution >= 4 is 17.4 Å². The van der Waals surface area contributed by atoms with Gasteiger partial charge in [-0.1, -0.05) is 36.6 Å². The summed E-state index contributed by atoms with van der Waals surface area (Å²) in [6, 6.07) is 5.93. The minimum Gasteiger partial charge on any atom is -0.297 e. The number of hydrogen-bond donors (Lipinski definition) is 0. The molecular weight excluding hydrogens is 258 g/mol. The molecule has 0 atom stereocenters. The standard InChI is InChI=1S/C16H22ClNO/c1-12-6-7-13(14(17)10-12)11-15(19)16(18(2)3)8-4-5-9-16/h6-7,10H,4-5,8-9,11H2,1-3H3. The van der Waals surface area contributed by atoms with Gasteiger partial charge in [0.25, 0.3) is 0 Å². The molecule has 0 heterocycles. The van der Waals surface area contributed by atoms with Gasteiger partial charge in [-0.2, -0.15) is 0 Å². The SMILES string of the molecule is Cc1ccc(CC(=O)C2(N(C)C)CCCC2)c(Cl)c1. The average Bonchev–Trinajstić information content (AvgIpc) is 2.83. The Balaban J connectivity index is 2.20. The van der Waals surface area contributed by atoms with Gasteiger partial charge in [-0.15, -0.1) is 0 Å². The van der Waals surface area contributed by atoms with Gasteiger partial charge in [0.1, 0.15) is 0 Å². The van der Waals surface area contributed by atoms with Gasteiger partial charge < -0.3 is 0 Å². The van der Waals surface area contributed by atoms with Crippen molar-refractivity contribution in [1.82, 2.24) is 4.90 Å². The van der Waals surface area contributed by atoms with E-state index in [-0.39, 0.29) is 5.54 Å². The van der Waals surface area contributed by atoms with Crippen LogP contribution in [0.15, 0.2) is 18.2 Å². The summed E-state index contributed by atoms with van der Waals surface area (Å²) in [4.78, 5) is 14.8. The first kappa shape index (κ1) is 14.5. The first-order valence-electron chi connectivity index (χ1n) is 6.91. The Bertz CT molecular complexity index is 476. The van der Waals surface area contributed by atoms with Crippen molar-refractivity contribution in [2.24, 2.45) is 0 Å². The Kier molecular flexibility index (Phi) is 4.32. The van der Waals surface area contributed by atoms with Crippen LogP contribution < -0.4 is 0 Å². The highest BCUT2D eigenvalue weighted by Crippen LogP contribution is 2.36. The Hall–Kier alpha value is -0.860. The number of carbonyl (C=O) groups is 1. The maximum atomic E-state index is 12.7. The molecule has 0 amide bonds. The molecule has 0 aromatic heterocycles. The molecule has 0 radical (unpaired) electrons. The summed E-state index contributed by atoms with van der Waals surface area (Å²) < 4.78 is 0. The van der Waals surface area contributed by atoms with Gasteiger partial charge in [0.05, 0.1) is 5.54 Å². The lowest BCUT2D eigenvalue weighted by Crippen LogP contribution is -2.49. The fraction of sp³-hybridized carbons (Fsp3) is 0.562. The van der Waals surface area contributed by atoms with E-state index in [0.29, 0.717) is 17.2 Å². The number of nitrogens with zero attached hydrogens (tertiary/aromatic N) is 1. The van der Waals surface area contributed by atoms with Crippen LogP contribution in [0.5, 0.6) is 0 Å². The lowest BCUT2D eigenvalue weighted by molar-refractivity contribution is -0.128. The van der Waals surface area contributed by atoms with Crippen LogP contribution in [-0.4, -0.2) is 30.3 Å². The maximum Gasteiger partial charge on any atom is 0.157 e. The third kappa shape index (κ3) is 2.85. The zero-order valence-corrected chi connectivity index (χ0v) is 12.8. The van der Waals surface area contributed by atoms with Crippen LogP contribution in [0, 0.1) is 6.92 Å². The molecule has 19 heavy (non-hydrogen) atoms. The maximum absolute atomic E-state index is 12.7. The molecule has 104 valence electrons. The second-order valence-electron chi connectivity index (χ2n) is 5.83. The first-order chi connectivity index (χ1) is 8.95. The van der Waals surface area contributed by atoms with Crippen molar-refractivity contribution in [2.75, 3.05) is 14.1 Å². The highest BCUT2D eigenvalue weighted by atomic mass is 35.5. The van der Waals surface area contributed by atoms with Crippen LogP contribution >= 0.6 is 11.6 Å². The van der Waals surface area contributed by atoms with E-state index in [1.807, 2.05) is 39.2 Å². The molecule has 0 spiro atoms. The summed E-state index contributed by atoms with van der Waals surface area (Å²) in [6.45, 7) is 2.01. The zero-order chi connectivity index (χ0) is 14.0. The molecule has 3 heteroatoms. The lowest BCUT2D eigenvalue weighted by Gasteiger charge is -2.35. The van der Waals surface area contributed by atoms with Gasteiger partial charge in [0.2, 0.25) is 0 Å². The van der Waals surface area contributed by atoms with Gasteiger partial charge in [0.15, 0.2) is 5.78 Å². The largest absolute Gasteiger partial charge is 0.297 e. The third-order valence-corrected chi connectivity index (χ3v) is 4.72. The van der Waals surface area contributed by atoms with Crippen LogP contribution in [0.25, 0.3) is 0 Å². The molecule has 1 aromatic rings. The number of benzene rings is 1. The van der Waals surface area contributed by atoms with Crippen molar-refractivity contribution in [3.05, 3.63) is 34.3 Å². The van der Waals surface area contributed by atoms with E-state index in [1.165, 1.54) is 0 Å². The van der Waals surface area contributed by atoms with Gasteiger partial charge in [0, 0.05) is 11.4 Å². The first-order valence-corrected chi connectivity index (χ1v) is 7.29. The molecule has 1 fully saturated rings. The van der Waals surface area contributed by atoms with Crippen molar-refractivity contribution in [1.29, 1.82) is 0 Å². The average molecular weight is 280 g/mol. The Morgan fingerprint density at radius 2 is 1.95 bits per heavy atom. The third-order valence-electron chi connectivity index (χ3n) is 4.37. The van der Waals surface area contributed by atoms with E-state index in [1.54, 1.807) is 0 Å². The molecule has 1 aromatic carbocycles. The van der Waals surface area contributed by atoms with E-state index >= 15 is 0 Å². The van der Waals surface area contributed by atoms with Crippen LogP contribution in [0.3, 0.4) is 0 Å². The van der Waals surface area contributed by atoms with Crippen LogP contribution in [0.4, 0.5) is 0 Å². The molecule has 0 unspecified atom stereocenters. The monoisotopic (exact) mass is 279 g/mol. The number of Topliss-reactive ketones (excluding diaryl/α,β-unsaturated/α-hetero) is 1. The molecule has 2 rings (SSSR count). The van der Waals surface area contributed by atoms with Crippen LogP contribution in [0.2, 0.25) is 5.02 Å². The van der Waals surface area contributed by atoms with Crippen molar-refractivity contribution in [3.8, 4) is 0 Å². The number of aryl methyl sites for hydroxylation is 1. The minimum atomic E-state index is -0.270. The molecule has 1 saturated carbocycles. The van der Waals surface area contributed by atoms with Crippen LogP contribution in [-0.2, 0) is 11.2 Å². The lowest BCUT2D eigenvalue weighted by atomic mass is 9.87. The normalized spacial score (nSPS) is 17.9. The number of halogens is 1. The summed E-state index contributed by atoms with van der Waals surface area (Å²) in [5, 5.41) is 0.709. The minimum absolute atomic E-state index is 0.270. The summed E-state index contributed by atoms with van der Waals surface area (Å²) in [7, 11) is 4.03. The summed E-state index contributed by atoms with van der Waals surface area (Å²) in [5.74, 6) is 0.306. The second kappa shape index (κ2) is 5.64. The number of likely N-dealkylation sites (N-methyl/N-ethyl adjacent to an activating group) is 1. The van der Waals surface area contributed by atoms with Gasteiger partial charge in [-0.25, -0.2) is 0 Å². The predicted molar refractivity (Wildman–Crippen MR) is 79.8 cm³/mol. The van der Waals surface area contributed by atoms with E-state index in [4.69, 9.17) is 11.6 Å². The number of hydrogen-bond acceptors (Lipinski definition) is 2. The fourth-order valence-corrected chi connectivity index (χ4v) is 3.37. The summed E-state index contributed by atoms with van der Waals surface area (Å²) in [5.41, 5.74) is 1.81. The molecule has 1 aliphatic carbocycles. The molecule has 0 saturated heterocycles. The van der Waals surface area contributed by atoms with Crippen molar-refractivity contribution in [3.63, 3.8) is 0 Å². The van der Waals surface area contributed by atoms with E-state index in [2.05, 4.69) is 4.90 Å². The molecule has 0 bridgehead atoms. The van der Waals surface area contributed by atoms with Crippen molar-refractivity contribution < 1.29 is 4.79 Å². The highest BCUT2D eigenvalue weighted by molar-refractivity contribution is 6.31. The topological polar surface area (TPSA) is 20.3 Å². The summed E-state index contributed by atoms with van der Waals surface area (Å²) in [6.07, 6.45) is 4.68. The summed E-state index contributed by atoms with van der Waals surface area (Å²) >= 11 is 6.24. The van der Waals surface area contributed by atoms with E-state index in [0.717, 1.165) is 36.8 Å². The fourth-order valence-electron chi connectivity index (χ4n) is 3.07. The van der Waals surface area contributed by atoms with Crippen molar-refractivity contribution in [2.45, 2.75) is 44.6 Å². The van der Waals surface area contributed by atoms with Crippen LogP contribution in [0.1, 0.15) is 36.8 Å². The number of carbonyl (C=O) groups excluding carboxylic acids is 1. The number of ketones is 1. The van der Waals surface area contributed by atoms with Gasteiger partial charge in [-0.05, 0) is 51.1 Å². The van der Waals surface area contributed by atoms with E-state index < -0.39 is 0 Å². The quantitative estimate of drug-likeness (QED) is 0.839. The molecule has 1 aliphatic rings. The van der Waals surface area contributed by atoms with E-state index in [9.17, 15) is 4.79 Å². The molecule has 0 N–H and O–H groups in total. The Morgan fingerprint density at radius 1 is 1.32 bits per heavy atom. The highest BCUT2D eigenvalue weighted by Gasteiger charge is 2.42. The predicted octanol–water partition coefficient (Wildman–Crippen LogP) is 3.63. The smallest absolute Gasteiger partial charge is 0.157 e. The Morgan fingerprint density at radius 3 is 2.47 bits per heavy atom. The molecule has 2 nitrogen and oxygen atoms in total.